The summed E-state index contributed by atoms with van der Waals surface area (Å²) in [5.74, 6) is -1.33. The minimum atomic E-state index is -4.49. The van der Waals surface area contributed by atoms with Gasteiger partial charge in [0.05, 0.1) is 5.56 Å². The van der Waals surface area contributed by atoms with Gasteiger partial charge in [-0.05, 0) is 11.6 Å². The van der Waals surface area contributed by atoms with Crippen molar-refractivity contribution in [1.82, 2.24) is 0 Å². The molecule has 88 valence electrons. The third kappa shape index (κ3) is 3.13. The highest BCUT2D eigenvalue weighted by Gasteiger charge is 2.33. The monoisotopic (exact) mass is 252 g/mol. The number of aliphatic carboxylic acids is 1. The first-order chi connectivity index (χ1) is 7.32. The lowest BCUT2D eigenvalue weighted by Gasteiger charge is -2.13. The second-order valence-electron chi connectivity index (χ2n) is 3.16. The number of carbonyl (C=O) groups is 1. The summed E-state index contributed by atoms with van der Waals surface area (Å²) in [5.41, 5.74) is -0.959. The molecular weight excluding hydrogens is 245 g/mol. The van der Waals surface area contributed by atoms with Gasteiger partial charge in [0, 0.05) is 6.42 Å². The van der Waals surface area contributed by atoms with E-state index in [4.69, 9.17) is 16.7 Å². The van der Waals surface area contributed by atoms with E-state index in [1.165, 1.54) is 18.2 Å². The van der Waals surface area contributed by atoms with Gasteiger partial charge in [0.15, 0.2) is 0 Å². The summed E-state index contributed by atoms with van der Waals surface area (Å²) in [6, 6.07) is 4.79. The topological polar surface area (TPSA) is 37.3 Å². The first-order valence-corrected chi connectivity index (χ1v) is 4.78. The van der Waals surface area contributed by atoms with Crippen molar-refractivity contribution in [3.05, 3.63) is 35.4 Å². The zero-order chi connectivity index (χ0) is 12.3. The number of hydrogen-bond acceptors (Lipinski definition) is 1. The van der Waals surface area contributed by atoms with Crippen LogP contribution in [0.15, 0.2) is 24.3 Å². The van der Waals surface area contributed by atoms with Crippen LogP contribution >= 0.6 is 11.6 Å². The normalized spacial score (nSPS) is 13.5. The summed E-state index contributed by atoms with van der Waals surface area (Å²) in [4.78, 5) is 10.5. The highest BCUT2D eigenvalue weighted by molar-refractivity contribution is 6.29. The first-order valence-electron chi connectivity index (χ1n) is 4.34. The third-order valence-corrected chi connectivity index (χ3v) is 2.33. The maximum atomic E-state index is 12.5. The van der Waals surface area contributed by atoms with Crippen LogP contribution in [0.4, 0.5) is 13.2 Å². The maximum Gasteiger partial charge on any atom is 0.416 e. The van der Waals surface area contributed by atoms with Crippen LogP contribution in [0.5, 0.6) is 0 Å². The van der Waals surface area contributed by atoms with E-state index in [1.54, 1.807) is 0 Å². The zero-order valence-electron chi connectivity index (χ0n) is 7.96. The van der Waals surface area contributed by atoms with Crippen molar-refractivity contribution in [2.24, 2.45) is 0 Å². The van der Waals surface area contributed by atoms with Gasteiger partial charge in [-0.15, -0.1) is 11.6 Å². The molecule has 1 unspecified atom stereocenters. The van der Waals surface area contributed by atoms with Crippen LogP contribution in [0.3, 0.4) is 0 Å². The number of halogens is 4. The summed E-state index contributed by atoms with van der Waals surface area (Å²) in [7, 11) is 0. The zero-order valence-corrected chi connectivity index (χ0v) is 8.72. The lowest BCUT2D eigenvalue weighted by atomic mass is 10.0. The molecule has 16 heavy (non-hydrogen) atoms. The second kappa shape index (κ2) is 4.74. The number of hydrogen-bond donors (Lipinski definition) is 1. The molecule has 0 aliphatic rings. The van der Waals surface area contributed by atoms with Gasteiger partial charge in [-0.2, -0.15) is 13.2 Å². The molecule has 0 aromatic heterocycles. The van der Waals surface area contributed by atoms with Crippen molar-refractivity contribution in [3.8, 4) is 0 Å². The number of rotatable bonds is 3. The summed E-state index contributed by atoms with van der Waals surface area (Å²) >= 11 is 5.41. The molecule has 1 aromatic rings. The van der Waals surface area contributed by atoms with Crippen LogP contribution in [0.2, 0.25) is 0 Å². The fraction of sp³-hybridized carbons (Fsp3) is 0.300. The molecule has 0 radical (unpaired) electrons. The van der Waals surface area contributed by atoms with E-state index in [-0.39, 0.29) is 12.0 Å². The largest absolute Gasteiger partial charge is 0.480 e. The highest BCUT2D eigenvalue weighted by atomic mass is 35.5. The Bertz CT molecular complexity index is 390. The summed E-state index contributed by atoms with van der Waals surface area (Å²) in [6.45, 7) is 0. The third-order valence-electron chi connectivity index (χ3n) is 1.99. The van der Waals surface area contributed by atoms with E-state index >= 15 is 0 Å². The van der Waals surface area contributed by atoms with Crippen LogP contribution in [0, 0.1) is 0 Å². The number of carboxylic acids is 1. The van der Waals surface area contributed by atoms with E-state index < -0.39 is 23.1 Å². The number of benzene rings is 1. The van der Waals surface area contributed by atoms with Crippen molar-refractivity contribution in [3.63, 3.8) is 0 Å². The number of alkyl halides is 4. The van der Waals surface area contributed by atoms with Crippen molar-refractivity contribution >= 4 is 17.6 Å². The van der Waals surface area contributed by atoms with Crippen molar-refractivity contribution < 1.29 is 23.1 Å². The van der Waals surface area contributed by atoms with E-state index in [2.05, 4.69) is 0 Å². The van der Waals surface area contributed by atoms with Gasteiger partial charge >= 0.3 is 12.1 Å². The van der Waals surface area contributed by atoms with Gasteiger partial charge in [-0.1, -0.05) is 18.2 Å². The van der Waals surface area contributed by atoms with Crippen LogP contribution in [-0.4, -0.2) is 16.5 Å². The lowest BCUT2D eigenvalue weighted by Crippen LogP contribution is -2.19. The van der Waals surface area contributed by atoms with Crippen molar-refractivity contribution in [2.45, 2.75) is 18.0 Å². The van der Waals surface area contributed by atoms with Gasteiger partial charge in [-0.3, -0.25) is 4.79 Å². The molecular formula is C10H8ClF3O2. The Morgan fingerprint density at radius 3 is 2.44 bits per heavy atom. The van der Waals surface area contributed by atoms with Gasteiger partial charge in [0.2, 0.25) is 0 Å². The van der Waals surface area contributed by atoms with Gasteiger partial charge in [0.25, 0.3) is 0 Å². The average Bonchev–Trinajstić information content (AvgIpc) is 2.16. The van der Waals surface area contributed by atoms with Crippen LogP contribution in [0.25, 0.3) is 0 Å². The lowest BCUT2D eigenvalue weighted by molar-refractivity contribution is -0.139. The molecule has 0 aliphatic heterocycles. The molecule has 6 heteroatoms. The maximum absolute atomic E-state index is 12.5. The van der Waals surface area contributed by atoms with E-state index in [0.29, 0.717) is 0 Å². The smallest absolute Gasteiger partial charge is 0.416 e. The Kier molecular flexibility index (Phi) is 3.80. The molecule has 1 atom stereocenters. The molecule has 1 aromatic carbocycles. The Morgan fingerprint density at radius 2 is 1.94 bits per heavy atom. The number of carboxylic acid groups (broad SMARTS) is 1. The first kappa shape index (κ1) is 12.8. The molecule has 0 heterocycles. The Morgan fingerprint density at radius 1 is 1.38 bits per heavy atom. The minimum Gasteiger partial charge on any atom is -0.480 e. The molecule has 0 aliphatic carbocycles. The van der Waals surface area contributed by atoms with Crippen LogP contribution in [0.1, 0.15) is 11.1 Å². The Hall–Kier alpha value is -1.23. The van der Waals surface area contributed by atoms with Gasteiger partial charge < -0.3 is 5.11 Å². The molecule has 0 saturated carbocycles. The summed E-state index contributed by atoms with van der Waals surface area (Å²) < 4.78 is 37.5. The van der Waals surface area contributed by atoms with Gasteiger partial charge in [0.1, 0.15) is 5.38 Å². The summed E-state index contributed by atoms with van der Waals surface area (Å²) in [5, 5.41) is 7.17. The highest BCUT2D eigenvalue weighted by Crippen LogP contribution is 2.32. The van der Waals surface area contributed by atoms with E-state index in [0.717, 1.165) is 6.07 Å². The molecule has 1 N–H and O–H groups in total. The minimum absolute atomic E-state index is 0.114. The van der Waals surface area contributed by atoms with Crippen molar-refractivity contribution in [1.29, 1.82) is 0 Å². The SMILES string of the molecule is O=C(O)C(Cl)Cc1ccccc1C(F)(F)F. The molecule has 1 rings (SSSR count). The second-order valence-corrected chi connectivity index (χ2v) is 3.69. The molecule has 0 fully saturated rings. The standard InChI is InChI=1S/C10H8ClF3O2/c11-8(9(15)16)5-6-3-1-2-4-7(6)10(12,13)14/h1-4,8H,5H2,(H,15,16). The van der Waals surface area contributed by atoms with Crippen LogP contribution in [-0.2, 0) is 17.4 Å². The predicted octanol–water partition coefficient (Wildman–Crippen LogP) is 2.94. The van der Waals surface area contributed by atoms with E-state index in [9.17, 15) is 18.0 Å². The predicted molar refractivity (Wildman–Crippen MR) is 52.4 cm³/mol. The summed E-state index contributed by atoms with van der Waals surface area (Å²) in [6.07, 6.45) is -4.85. The molecule has 0 spiro atoms. The van der Waals surface area contributed by atoms with E-state index in [1.807, 2.05) is 0 Å². The fourth-order valence-corrected chi connectivity index (χ4v) is 1.42. The fourth-order valence-electron chi connectivity index (χ4n) is 1.26. The quantitative estimate of drug-likeness (QED) is 0.840. The van der Waals surface area contributed by atoms with Crippen LogP contribution < -0.4 is 0 Å². The van der Waals surface area contributed by atoms with Crippen molar-refractivity contribution in [2.75, 3.05) is 0 Å². The molecule has 0 saturated heterocycles. The van der Waals surface area contributed by atoms with Gasteiger partial charge in [-0.25, -0.2) is 0 Å². The molecule has 0 amide bonds. The Balaban J connectivity index is 3.01. The average molecular weight is 253 g/mol. The molecule has 0 bridgehead atoms. The molecule has 2 nitrogen and oxygen atoms in total. The Labute approximate surface area is 94.6 Å².